The van der Waals surface area contributed by atoms with E-state index in [0.717, 1.165) is 0 Å². The highest BCUT2D eigenvalue weighted by Gasteiger charge is 2.50. The Kier molecular flexibility index (Phi) is 9.34. The lowest BCUT2D eigenvalue weighted by Gasteiger charge is -2.36. The molecule has 0 saturated carbocycles. The number of carboxylic acid groups (broad SMARTS) is 1. The predicted molar refractivity (Wildman–Crippen MR) is 138 cm³/mol. The number of aromatic nitrogens is 1. The Bertz CT molecular complexity index is 1150. The minimum Gasteiger partial charge on any atom is -0.479 e. The maximum absolute atomic E-state index is 15.2. The van der Waals surface area contributed by atoms with Gasteiger partial charge in [0.2, 0.25) is 5.95 Å². The number of hydrogen-bond acceptors (Lipinski definition) is 7. The van der Waals surface area contributed by atoms with Crippen LogP contribution >= 0.6 is 27.5 Å². The summed E-state index contributed by atoms with van der Waals surface area (Å²) in [6.45, 7) is 6.50. The first-order valence-electron chi connectivity index (χ1n) is 11.0. The SMILES string of the molecule is COCOc1ccc(Br)cc1C(NS(=O)C(C)(C)C)(C(=O)O)c1cc(N2CCOCC2)nc(F)c1Cl. The summed E-state index contributed by atoms with van der Waals surface area (Å²) in [5, 5.41) is 10.2. The number of carboxylic acids is 1. The first-order valence-corrected chi connectivity index (χ1v) is 13.3. The van der Waals surface area contributed by atoms with Crippen LogP contribution in [0.4, 0.5) is 10.2 Å². The van der Waals surface area contributed by atoms with Gasteiger partial charge in [-0.05, 0) is 45.0 Å². The van der Waals surface area contributed by atoms with Crippen molar-refractivity contribution in [3.8, 4) is 5.75 Å². The number of morpholine rings is 1. The molecule has 1 aliphatic rings. The Labute approximate surface area is 225 Å². The Morgan fingerprint density at radius 3 is 2.56 bits per heavy atom. The fraction of sp³-hybridized carbons (Fsp3) is 0.478. The van der Waals surface area contributed by atoms with E-state index in [1.807, 2.05) is 0 Å². The van der Waals surface area contributed by atoms with Crippen LogP contribution in [0.15, 0.2) is 28.7 Å². The molecule has 1 fully saturated rings. The molecule has 9 nitrogen and oxygen atoms in total. The van der Waals surface area contributed by atoms with Crippen molar-refractivity contribution >= 4 is 50.3 Å². The zero-order valence-electron chi connectivity index (χ0n) is 20.3. The molecule has 0 radical (unpaired) electrons. The number of aliphatic carboxylic acids is 1. The van der Waals surface area contributed by atoms with Gasteiger partial charge in [0.1, 0.15) is 16.6 Å². The van der Waals surface area contributed by atoms with Crippen LogP contribution in [0.3, 0.4) is 0 Å². The number of halogens is 3. The van der Waals surface area contributed by atoms with Gasteiger partial charge in [0.25, 0.3) is 0 Å². The normalized spacial score (nSPS) is 16.9. The van der Waals surface area contributed by atoms with Crippen molar-refractivity contribution in [2.24, 2.45) is 0 Å². The summed E-state index contributed by atoms with van der Waals surface area (Å²) < 4.78 is 47.0. The van der Waals surface area contributed by atoms with Crippen LogP contribution < -0.4 is 14.4 Å². The summed E-state index contributed by atoms with van der Waals surface area (Å²) >= 11 is 9.79. The molecular weight excluding hydrogens is 581 g/mol. The van der Waals surface area contributed by atoms with Gasteiger partial charge >= 0.3 is 5.97 Å². The van der Waals surface area contributed by atoms with Crippen molar-refractivity contribution in [2.45, 2.75) is 31.1 Å². The van der Waals surface area contributed by atoms with Crippen molar-refractivity contribution < 1.29 is 32.7 Å². The molecule has 2 heterocycles. The molecular formula is C23H28BrClFN3O6S. The van der Waals surface area contributed by atoms with E-state index in [2.05, 4.69) is 25.6 Å². The summed E-state index contributed by atoms with van der Waals surface area (Å²) in [4.78, 5) is 19.0. The quantitative estimate of drug-likeness (QED) is 0.327. The lowest BCUT2D eigenvalue weighted by Crippen LogP contribution is -2.54. The number of hydrogen-bond donors (Lipinski definition) is 2. The van der Waals surface area contributed by atoms with E-state index in [1.165, 1.54) is 25.3 Å². The molecule has 0 aliphatic carbocycles. The van der Waals surface area contributed by atoms with Crippen molar-refractivity contribution in [1.29, 1.82) is 0 Å². The van der Waals surface area contributed by atoms with Gasteiger partial charge in [-0.1, -0.05) is 27.5 Å². The molecule has 1 aromatic carbocycles. The van der Waals surface area contributed by atoms with Crippen LogP contribution in [0.5, 0.6) is 5.75 Å². The monoisotopic (exact) mass is 607 g/mol. The number of rotatable bonds is 9. The molecule has 0 spiro atoms. The van der Waals surface area contributed by atoms with Crippen molar-refractivity contribution in [1.82, 2.24) is 9.71 Å². The predicted octanol–water partition coefficient (Wildman–Crippen LogP) is 3.84. The minimum atomic E-state index is -2.30. The first kappa shape index (κ1) is 28.7. The number of nitrogens with one attached hydrogen (secondary N) is 1. The number of pyridine rings is 1. The van der Waals surface area contributed by atoms with Crippen LogP contribution in [-0.4, -0.2) is 65.2 Å². The Morgan fingerprint density at radius 1 is 1.31 bits per heavy atom. The number of benzene rings is 1. The number of nitrogens with zero attached hydrogens (tertiary/aromatic N) is 2. The average Bonchev–Trinajstić information content (AvgIpc) is 2.83. The fourth-order valence-electron chi connectivity index (χ4n) is 3.58. The maximum Gasteiger partial charge on any atom is 0.334 e. The summed E-state index contributed by atoms with van der Waals surface area (Å²) in [7, 11) is -0.527. The molecule has 3 rings (SSSR count). The second kappa shape index (κ2) is 11.7. The Balaban J connectivity index is 2.37. The summed E-state index contributed by atoms with van der Waals surface area (Å²) in [6.07, 6.45) is 0. The molecule has 0 amide bonds. The van der Waals surface area contributed by atoms with Crippen LogP contribution in [0.1, 0.15) is 31.9 Å². The lowest BCUT2D eigenvalue weighted by atomic mass is 9.83. The number of carbonyl (C=O) groups is 1. The van der Waals surface area contributed by atoms with E-state index in [1.54, 1.807) is 31.7 Å². The number of anilines is 1. The summed E-state index contributed by atoms with van der Waals surface area (Å²) in [5.74, 6) is -2.24. The number of methoxy groups -OCH3 is 1. The molecule has 2 N–H and O–H groups in total. The van der Waals surface area contributed by atoms with Crippen LogP contribution in [-0.2, 0) is 30.8 Å². The van der Waals surface area contributed by atoms with Crippen molar-refractivity contribution in [2.75, 3.05) is 45.1 Å². The molecule has 2 unspecified atom stereocenters. The molecule has 36 heavy (non-hydrogen) atoms. The smallest absolute Gasteiger partial charge is 0.334 e. The highest BCUT2D eigenvalue weighted by molar-refractivity contribution is 9.10. The van der Waals surface area contributed by atoms with E-state index >= 15 is 4.39 Å². The van der Waals surface area contributed by atoms with E-state index in [9.17, 15) is 14.1 Å². The highest BCUT2D eigenvalue weighted by atomic mass is 79.9. The van der Waals surface area contributed by atoms with Gasteiger partial charge in [-0.15, -0.1) is 0 Å². The molecule has 1 aliphatic heterocycles. The summed E-state index contributed by atoms with van der Waals surface area (Å²) in [6, 6.07) is 6.08. The van der Waals surface area contributed by atoms with Gasteiger partial charge < -0.3 is 24.2 Å². The summed E-state index contributed by atoms with van der Waals surface area (Å²) in [5.41, 5.74) is -2.43. The van der Waals surface area contributed by atoms with Crippen LogP contribution in [0.25, 0.3) is 0 Å². The van der Waals surface area contributed by atoms with Gasteiger partial charge in [0, 0.05) is 35.8 Å². The fourth-order valence-corrected chi connectivity index (χ4v) is 5.07. The highest BCUT2D eigenvalue weighted by Crippen LogP contribution is 2.43. The standard InChI is InChI=1S/C23H28BrClFN3O6S/c1-22(2,3)36(32)28-23(21(30)31,15-11-14(24)5-6-17(15)35-13-33-4)16-12-18(27-20(26)19(16)25)29-7-9-34-10-8-29/h5-6,11-12,28H,7-10,13H2,1-4H3,(H,30,31). The third-order valence-corrected chi connectivity index (χ3v) is 7.90. The van der Waals surface area contributed by atoms with Crippen LogP contribution in [0.2, 0.25) is 5.02 Å². The molecule has 2 atom stereocenters. The van der Waals surface area contributed by atoms with Crippen molar-refractivity contribution in [3.05, 3.63) is 50.8 Å². The van der Waals surface area contributed by atoms with E-state index in [0.29, 0.717) is 30.8 Å². The van der Waals surface area contributed by atoms with E-state index < -0.39 is 38.2 Å². The third kappa shape index (κ3) is 6.00. The molecule has 13 heteroatoms. The zero-order chi connectivity index (χ0) is 26.7. The lowest BCUT2D eigenvalue weighted by molar-refractivity contribution is -0.142. The van der Waals surface area contributed by atoms with Crippen molar-refractivity contribution in [3.63, 3.8) is 0 Å². The topological polar surface area (TPSA) is 110 Å². The van der Waals surface area contributed by atoms with Gasteiger partial charge in [0.15, 0.2) is 12.3 Å². The largest absolute Gasteiger partial charge is 0.479 e. The van der Waals surface area contributed by atoms with Crippen LogP contribution in [0, 0.1) is 5.95 Å². The van der Waals surface area contributed by atoms with Gasteiger partial charge in [0.05, 0.1) is 28.9 Å². The zero-order valence-corrected chi connectivity index (χ0v) is 23.4. The van der Waals surface area contributed by atoms with Gasteiger partial charge in [-0.2, -0.15) is 4.39 Å². The molecule has 1 saturated heterocycles. The first-order chi connectivity index (χ1) is 16.9. The molecule has 1 aromatic heterocycles. The Morgan fingerprint density at radius 2 is 1.97 bits per heavy atom. The van der Waals surface area contributed by atoms with Gasteiger partial charge in [-0.3, -0.25) is 0 Å². The molecule has 198 valence electrons. The number of ether oxygens (including phenoxy) is 3. The maximum atomic E-state index is 15.2. The van der Waals surface area contributed by atoms with Gasteiger partial charge in [-0.25, -0.2) is 18.7 Å². The average molecular weight is 609 g/mol. The Hall–Kier alpha value is -1.83. The molecule has 0 bridgehead atoms. The third-order valence-electron chi connectivity index (χ3n) is 5.44. The molecule has 2 aromatic rings. The van der Waals surface area contributed by atoms with E-state index in [-0.39, 0.29) is 29.5 Å². The second-order valence-corrected chi connectivity index (χ2v) is 12.2. The second-order valence-electron chi connectivity index (χ2n) is 8.96. The van der Waals surface area contributed by atoms with E-state index in [4.69, 9.17) is 25.8 Å². The minimum absolute atomic E-state index is 0.0412.